The molecule has 3 aromatic carbocycles. The van der Waals surface area contributed by atoms with Crippen LogP contribution in [0, 0.1) is 5.92 Å². The average molecular weight is 603 g/mol. The second kappa shape index (κ2) is 17.9. The molecule has 0 fully saturated rings. The Hall–Kier alpha value is -4.07. The SMILES string of the molecule is C=C(CO)C(=O)OCC(CCc1ccc(-c2ccc(-c3ccc(CCCF)cc3)cc2CC)cc1)COC(=O)C(=C)COC. The third kappa shape index (κ3) is 10.3. The molecular weight excluding hydrogens is 559 g/mol. The van der Waals surface area contributed by atoms with E-state index in [9.17, 15) is 14.0 Å². The fourth-order valence-corrected chi connectivity index (χ4v) is 4.81. The molecule has 0 amide bonds. The van der Waals surface area contributed by atoms with Gasteiger partial charge >= 0.3 is 11.9 Å². The zero-order valence-electron chi connectivity index (χ0n) is 25.8. The molecule has 7 heteroatoms. The highest BCUT2D eigenvalue weighted by Gasteiger charge is 2.18. The Bertz CT molecular complexity index is 1390. The van der Waals surface area contributed by atoms with E-state index in [-0.39, 0.29) is 43.6 Å². The van der Waals surface area contributed by atoms with Gasteiger partial charge in [0.1, 0.15) is 0 Å². The second-order valence-electron chi connectivity index (χ2n) is 10.8. The molecule has 0 saturated carbocycles. The van der Waals surface area contributed by atoms with Crippen LogP contribution < -0.4 is 0 Å². The van der Waals surface area contributed by atoms with Crippen molar-refractivity contribution in [3.05, 3.63) is 108 Å². The molecular formula is C37H43FO6. The molecule has 0 radical (unpaired) electrons. The number of carbonyl (C=O) groups is 2. The lowest BCUT2D eigenvalue weighted by atomic mass is 9.92. The van der Waals surface area contributed by atoms with Crippen molar-refractivity contribution in [3.8, 4) is 22.3 Å². The first-order valence-electron chi connectivity index (χ1n) is 15.0. The van der Waals surface area contributed by atoms with Crippen LogP contribution in [0.25, 0.3) is 22.3 Å². The number of benzene rings is 3. The number of aliphatic hydroxyl groups is 1. The van der Waals surface area contributed by atoms with E-state index >= 15 is 0 Å². The van der Waals surface area contributed by atoms with Gasteiger partial charge in [0.25, 0.3) is 0 Å². The van der Waals surface area contributed by atoms with Gasteiger partial charge in [0, 0.05) is 13.0 Å². The maximum absolute atomic E-state index is 12.5. The molecule has 0 aliphatic heterocycles. The smallest absolute Gasteiger partial charge is 0.335 e. The fraction of sp³-hybridized carbons (Fsp3) is 0.351. The molecule has 0 spiro atoms. The van der Waals surface area contributed by atoms with Gasteiger partial charge in [-0.05, 0) is 71.0 Å². The van der Waals surface area contributed by atoms with Crippen molar-refractivity contribution in [2.75, 3.05) is 40.2 Å². The number of ether oxygens (including phenoxy) is 3. The molecule has 0 heterocycles. The molecule has 44 heavy (non-hydrogen) atoms. The van der Waals surface area contributed by atoms with Crippen LogP contribution in [0.15, 0.2) is 91.0 Å². The Kier molecular flexibility index (Phi) is 14.0. The van der Waals surface area contributed by atoms with Crippen LogP contribution in [0.1, 0.15) is 36.5 Å². The van der Waals surface area contributed by atoms with Crippen molar-refractivity contribution >= 4 is 11.9 Å². The predicted octanol–water partition coefficient (Wildman–Crippen LogP) is 6.87. The molecule has 0 bridgehead atoms. The Balaban J connectivity index is 1.67. The first kappa shape index (κ1) is 34.4. The lowest BCUT2D eigenvalue weighted by molar-refractivity contribution is -0.144. The number of rotatable bonds is 18. The number of alkyl halides is 1. The first-order chi connectivity index (χ1) is 21.3. The zero-order valence-corrected chi connectivity index (χ0v) is 25.8. The van der Waals surface area contributed by atoms with Gasteiger partial charge in [-0.1, -0.05) is 86.8 Å². The van der Waals surface area contributed by atoms with Crippen molar-refractivity contribution < 1.29 is 33.3 Å². The molecule has 1 atom stereocenters. The third-order valence-electron chi connectivity index (χ3n) is 7.47. The van der Waals surface area contributed by atoms with Crippen LogP contribution in [-0.4, -0.2) is 57.3 Å². The van der Waals surface area contributed by atoms with E-state index in [4.69, 9.17) is 19.3 Å². The third-order valence-corrected chi connectivity index (χ3v) is 7.47. The maximum Gasteiger partial charge on any atom is 0.335 e. The number of esters is 2. The lowest BCUT2D eigenvalue weighted by Gasteiger charge is -2.18. The van der Waals surface area contributed by atoms with Crippen molar-refractivity contribution in [2.45, 2.75) is 39.0 Å². The quantitative estimate of drug-likeness (QED) is 0.126. The summed E-state index contributed by atoms with van der Waals surface area (Å²) < 4.78 is 28.1. The summed E-state index contributed by atoms with van der Waals surface area (Å²) in [5.41, 5.74) is 8.26. The fourth-order valence-electron chi connectivity index (χ4n) is 4.81. The first-order valence-corrected chi connectivity index (χ1v) is 15.0. The van der Waals surface area contributed by atoms with E-state index in [1.807, 2.05) is 0 Å². The summed E-state index contributed by atoms with van der Waals surface area (Å²) in [4.78, 5) is 24.2. The molecule has 0 aromatic heterocycles. The van der Waals surface area contributed by atoms with Gasteiger partial charge in [-0.2, -0.15) is 0 Å². The Morgan fingerprint density at radius 1 is 0.818 bits per heavy atom. The van der Waals surface area contributed by atoms with Crippen LogP contribution in [0.2, 0.25) is 0 Å². The van der Waals surface area contributed by atoms with E-state index < -0.39 is 18.5 Å². The molecule has 1 N–H and O–H groups in total. The van der Waals surface area contributed by atoms with Gasteiger partial charge in [0.2, 0.25) is 0 Å². The largest absolute Gasteiger partial charge is 0.462 e. The van der Waals surface area contributed by atoms with Crippen molar-refractivity contribution in [1.29, 1.82) is 0 Å². The van der Waals surface area contributed by atoms with E-state index in [1.54, 1.807) is 0 Å². The number of aryl methyl sites for hydroxylation is 3. The summed E-state index contributed by atoms with van der Waals surface area (Å²) >= 11 is 0. The zero-order chi connectivity index (χ0) is 31.9. The van der Waals surface area contributed by atoms with Gasteiger partial charge in [0.05, 0.1) is 44.2 Å². The Morgan fingerprint density at radius 3 is 1.95 bits per heavy atom. The number of hydrogen-bond donors (Lipinski definition) is 1. The van der Waals surface area contributed by atoms with Crippen molar-refractivity contribution in [3.63, 3.8) is 0 Å². The Labute approximate surface area is 260 Å². The summed E-state index contributed by atoms with van der Waals surface area (Å²) in [5, 5.41) is 9.15. The van der Waals surface area contributed by atoms with Crippen LogP contribution in [0.5, 0.6) is 0 Å². The molecule has 0 aliphatic rings. The molecule has 3 rings (SSSR count). The van der Waals surface area contributed by atoms with Gasteiger partial charge in [0.15, 0.2) is 0 Å². The monoisotopic (exact) mass is 602 g/mol. The van der Waals surface area contributed by atoms with Gasteiger partial charge in [-0.3, -0.25) is 4.39 Å². The molecule has 0 saturated heterocycles. The number of halogens is 1. The molecule has 234 valence electrons. The van der Waals surface area contributed by atoms with E-state index in [0.717, 1.165) is 40.7 Å². The summed E-state index contributed by atoms with van der Waals surface area (Å²) in [6.07, 6.45) is 3.47. The van der Waals surface area contributed by atoms with Crippen LogP contribution >= 0.6 is 0 Å². The average Bonchev–Trinajstić information content (AvgIpc) is 3.06. The van der Waals surface area contributed by atoms with E-state index in [2.05, 4.69) is 86.8 Å². The van der Waals surface area contributed by atoms with Crippen molar-refractivity contribution in [1.82, 2.24) is 0 Å². The molecule has 6 nitrogen and oxygen atoms in total. The summed E-state index contributed by atoms with van der Waals surface area (Å²) in [6, 6.07) is 23.3. The lowest BCUT2D eigenvalue weighted by Crippen LogP contribution is -2.23. The number of methoxy groups -OCH3 is 1. The minimum atomic E-state index is -0.680. The predicted molar refractivity (Wildman–Crippen MR) is 172 cm³/mol. The van der Waals surface area contributed by atoms with E-state index in [0.29, 0.717) is 19.3 Å². The van der Waals surface area contributed by atoms with Crippen LogP contribution in [0.3, 0.4) is 0 Å². The minimum absolute atomic E-state index is 0.0204. The summed E-state index contributed by atoms with van der Waals surface area (Å²) in [6.45, 7) is 8.66. The van der Waals surface area contributed by atoms with Crippen LogP contribution in [0.4, 0.5) is 4.39 Å². The van der Waals surface area contributed by atoms with Gasteiger partial charge < -0.3 is 19.3 Å². The Morgan fingerprint density at radius 2 is 1.39 bits per heavy atom. The normalized spacial score (nSPS) is 11.5. The maximum atomic E-state index is 12.5. The molecule has 3 aromatic rings. The topological polar surface area (TPSA) is 82.1 Å². The summed E-state index contributed by atoms with van der Waals surface area (Å²) in [5.74, 6) is -1.50. The number of carbonyl (C=O) groups excluding carboxylic acids is 2. The second-order valence-corrected chi connectivity index (χ2v) is 10.8. The van der Waals surface area contributed by atoms with Crippen LogP contribution in [-0.2, 0) is 43.1 Å². The summed E-state index contributed by atoms with van der Waals surface area (Å²) in [7, 11) is 1.47. The highest BCUT2D eigenvalue weighted by molar-refractivity contribution is 5.88. The highest BCUT2D eigenvalue weighted by atomic mass is 19.1. The minimum Gasteiger partial charge on any atom is -0.462 e. The van der Waals surface area contributed by atoms with E-state index in [1.165, 1.54) is 18.2 Å². The highest BCUT2D eigenvalue weighted by Crippen LogP contribution is 2.30. The number of hydrogen-bond acceptors (Lipinski definition) is 6. The van der Waals surface area contributed by atoms with Gasteiger partial charge in [-0.25, -0.2) is 9.59 Å². The van der Waals surface area contributed by atoms with Gasteiger partial charge in [-0.15, -0.1) is 0 Å². The standard InChI is InChI=1S/C37H43FO6/c1-5-31-21-34(32-14-10-28(11-15-32)7-6-20-38)18-19-35(31)33-16-12-29(13-17-33)8-9-30(24-43-36(40)26(2)22-39)25-44-37(41)27(3)23-42-4/h10-19,21,30,39H,2-3,5-9,20,22-25H2,1,4H3. The molecule has 1 unspecified atom stereocenters. The van der Waals surface area contributed by atoms with Crippen molar-refractivity contribution in [2.24, 2.45) is 5.92 Å². The molecule has 0 aliphatic carbocycles. The number of aliphatic hydroxyl groups excluding tert-OH is 1.